The molecule has 3 rings (SSSR count). The number of nitrogens with one attached hydrogen (secondary N) is 1. The van der Waals surface area contributed by atoms with E-state index in [1.54, 1.807) is 11.1 Å². The maximum absolute atomic E-state index is 12.6. The van der Waals surface area contributed by atoms with Crippen LogP contribution in [0.3, 0.4) is 0 Å². The highest BCUT2D eigenvalue weighted by atomic mass is 16.4. The van der Waals surface area contributed by atoms with Crippen LogP contribution < -0.4 is 10.2 Å². The number of urea groups is 1. The van der Waals surface area contributed by atoms with Gasteiger partial charge in [0.25, 0.3) is 0 Å². The van der Waals surface area contributed by atoms with E-state index in [1.165, 1.54) is 0 Å². The van der Waals surface area contributed by atoms with Gasteiger partial charge in [0.05, 0.1) is 11.4 Å². The molecule has 1 saturated heterocycles. The first-order valence-electron chi connectivity index (χ1n) is 9.31. The third-order valence-electron chi connectivity index (χ3n) is 4.80. The van der Waals surface area contributed by atoms with Gasteiger partial charge in [-0.1, -0.05) is 30.3 Å². The molecule has 0 aliphatic carbocycles. The maximum Gasteiger partial charge on any atom is 0.326 e. The van der Waals surface area contributed by atoms with Gasteiger partial charge in [0.2, 0.25) is 0 Å². The molecule has 1 aromatic carbocycles. The zero-order valence-corrected chi connectivity index (χ0v) is 16.1. The normalized spacial score (nSPS) is 15.2. The quantitative estimate of drug-likeness (QED) is 0.814. The third kappa shape index (κ3) is 4.76. The molecule has 1 fully saturated rings. The van der Waals surface area contributed by atoms with Crippen molar-refractivity contribution in [2.75, 3.05) is 31.1 Å². The largest absolute Gasteiger partial charge is 0.480 e. The Hall–Kier alpha value is -3.16. The van der Waals surface area contributed by atoms with Crippen LogP contribution in [0.25, 0.3) is 0 Å². The second kappa shape index (κ2) is 8.69. The number of aliphatic carboxylic acids is 1. The number of carbonyl (C=O) groups is 2. The highest BCUT2D eigenvalue weighted by molar-refractivity contribution is 5.83. The van der Waals surface area contributed by atoms with E-state index in [1.807, 2.05) is 44.2 Å². The van der Waals surface area contributed by atoms with Crippen molar-refractivity contribution >= 4 is 17.8 Å². The van der Waals surface area contributed by atoms with E-state index >= 15 is 0 Å². The summed E-state index contributed by atoms with van der Waals surface area (Å²) >= 11 is 0. The van der Waals surface area contributed by atoms with Crippen LogP contribution in [0.2, 0.25) is 0 Å². The Morgan fingerprint density at radius 3 is 2.46 bits per heavy atom. The molecule has 1 atom stereocenters. The molecule has 8 nitrogen and oxygen atoms in total. The highest BCUT2D eigenvalue weighted by Gasteiger charge is 2.27. The molecule has 1 aliphatic heterocycles. The van der Waals surface area contributed by atoms with Gasteiger partial charge in [-0.25, -0.2) is 14.6 Å². The average molecular weight is 383 g/mol. The summed E-state index contributed by atoms with van der Waals surface area (Å²) in [7, 11) is 0. The molecule has 28 heavy (non-hydrogen) atoms. The average Bonchev–Trinajstić information content (AvgIpc) is 2.70. The number of carbonyl (C=O) groups excluding carboxylic acids is 1. The number of carboxylic acids is 1. The first kappa shape index (κ1) is 19.6. The Morgan fingerprint density at radius 1 is 1.14 bits per heavy atom. The molecule has 2 aromatic rings. The minimum Gasteiger partial charge on any atom is -0.480 e. The molecule has 0 unspecified atom stereocenters. The zero-order chi connectivity index (χ0) is 20.1. The van der Waals surface area contributed by atoms with Crippen molar-refractivity contribution in [3.8, 4) is 0 Å². The highest BCUT2D eigenvalue weighted by Crippen LogP contribution is 2.17. The molecule has 1 aliphatic rings. The first-order valence-corrected chi connectivity index (χ1v) is 9.31. The minimum absolute atomic E-state index is 0.250. The van der Waals surface area contributed by atoms with Crippen LogP contribution in [0.5, 0.6) is 0 Å². The lowest BCUT2D eigenvalue weighted by Crippen LogP contribution is -2.55. The number of benzene rings is 1. The Bertz CT molecular complexity index is 835. The summed E-state index contributed by atoms with van der Waals surface area (Å²) in [4.78, 5) is 36.8. The third-order valence-corrected chi connectivity index (χ3v) is 4.80. The molecule has 0 bridgehead atoms. The van der Waals surface area contributed by atoms with E-state index in [-0.39, 0.29) is 12.5 Å². The number of hydrogen-bond donors (Lipinski definition) is 2. The van der Waals surface area contributed by atoms with Crippen molar-refractivity contribution in [1.82, 2.24) is 20.2 Å². The number of anilines is 1. The van der Waals surface area contributed by atoms with Crippen molar-refractivity contribution in [3.63, 3.8) is 0 Å². The molecule has 1 aromatic heterocycles. The Balaban J connectivity index is 1.58. The van der Waals surface area contributed by atoms with Crippen LogP contribution in [0.1, 0.15) is 17.0 Å². The van der Waals surface area contributed by atoms with Gasteiger partial charge in [-0.3, -0.25) is 4.98 Å². The van der Waals surface area contributed by atoms with Gasteiger partial charge in [-0.15, -0.1) is 0 Å². The summed E-state index contributed by atoms with van der Waals surface area (Å²) in [5, 5.41) is 12.1. The van der Waals surface area contributed by atoms with Crippen LogP contribution in [0, 0.1) is 13.8 Å². The maximum atomic E-state index is 12.6. The van der Waals surface area contributed by atoms with E-state index in [2.05, 4.69) is 20.2 Å². The van der Waals surface area contributed by atoms with E-state index in [9.17, 15) is 14.7 Å². The lowest BCUT2D eigenvalue weighted by Gasteiger charge is -2.36. The lowest BCUT2D eigenvalue weighted by molar-refractivity contribution is -0.139. The fourth-order valence-corrected chi connectivity index (χ4v) is 3.24. The summed E-state index contributed by atoms with van der Waals surface area (Å²) in [6.45, 7) is 6.07. The predicted octanol–water partition coefficient (Wildman–Crippen LogP) is 1.62. The van der Waals surface area contributed by atoms with Crippen molar-refractivity contribution < 1.29 is 14.7 Å². The molecule has 8 heteroatoms. The van der Waals surface area contributed by atoms with Crippen LogP contribution in [-0.4, -0.2) is 64.2 Å². The minimum atomic E-state index is -1.04. The Kier molecular flexibility index (Phi) is 6.08. The van der Waals surface area contributed by atoms with Crippen molar-refractivity contribution in [3.05, 3.63) is 53.5 Å². The predicted molar refractivity (Wildman–Crippen MR) is 105 cm³/mol. The van der Waals surface area contributed by atoms with E-state index in [0.717, 1.165) is 22.8 Å². The van der Waals surface area contributed by atoms with Gasteiger partial charge in [0, 0.05) is 38.8 Å². The molecule has 0 radical (unpaired) electrons. The number of rotatable bonds is 5. The van der Waals surface area contributed by atoms with Gasteiger partial charge < -0.3 is 20.2 Å². The molecule has 2 amide bonds. The number of hydrogen-bond acceptors (Lipinski definition) is 5. The van der Waals surface area contributed by atoms with Crippen LogP contribution in [-0.2, 0) is 11.2 Å². The summed E-state index contributed by atoms with van der Waals surface area (Å²) < 4.78 is 0. The van der Waals surface area contributed by atoms with Gasteiger partial charge in [-0.05, 0) is 19.4 Å². The molecular weight excluding hydrogens is 358 g/mol. The molecule has 0 spiro atoms. The molecule has 0 saturated carbocycles. The van der Waals surface area contributed by atoms with E-state index in [0.29, 0.717) is 26.2 Å². The van der Waals surface area contributed by atoms with E-state index < -0.39 is 12.0 Å². The summed E-state index contributed by atoms with van der Waals surface area (Å²) in [5.74, 6) is -0.200. The molecule has 148 valence electrons. The van der Waals surface area contributed by atoms with Crippen molar-refractivity contribution in [2.45, 2.75) is 26.3 Å². The fourth-order valence-electron chi connectivity index (χ4n) is 3.24. The zero-order valence-electron chi connectivity index (χ0n) is 16.1. The molecule has 2 heterocycles. The number of amides is 2. The second-order valence-corrected chi connectivity index (χ2v) is 6.92. The topological polar surface area (TPSA) is 98.7 Å². The summed E-state index contributed by atoms with van der Waals surface area (Å²) in [6, 6.07) is 7.97. The number of carboxylic acid groups (broad SMARTS) is 1. The van der Waals surface area contributed by atoms with Crippen molar-refractivity contribution in [1.29, 1.82) is 0 Å². The van der Waals surface area contributed by atoms with Crippen LogP contribution in [0.4, 0.5) is 10.6 Å². The smallest absolute Gasteiger partial charge is 0.326 e. The lowest BCUT2D eigenvalue weighted by atomic mass is 10.1. The number of aryl methyl sites for hydroxylation is 2. The number of piperazine rings is 1. The summed E-state index contributed by atoms with van der Waals surface area (Å²) in [5.41, 5.74) is 2.58. The van der Waals surface area contributed by atoms with Gasteiger partial charge in [0.1, 0.15) is 11.9 Å². The molecule has 2 N–H and O–H groups in total. The number of nitrogens with zero attached hydrogens (tertiary/aromatic N) is 4. The van der Waals surface area contributed by atoms with Crippen LogP contribution in [0.15, 0.2) is 36.5 Å². The van der Waals surface area contributed by atoms with Crippen LogP contribution >= 0.6 is 0 Å². The second-order valence-electron chi connectivity index (χ2n) is 6.92. The standard InChI is InChI=1S/C20H25N5O3/c1-14-13-21-15(2)18(22-14)24-8-10-25(11-9-24)20(28)23-17(19(26)27)12-16-6-4-3-5-7-16/h3-7,13,17H,8-12H2,1-2H3,(H,23,28)(H,26,27)/t17-/m1/s1. The fraction of sp³-hybridized carbons (Fsp3) is 0.400. The summed E-state index contributed by atoms with van der Waals surface area (Å²) in [6.07, 6.45) is 1.99. The Labute approximate surface area is 164 Å². The SMILES string of the molecule is Cc1cnc(C)c(N2CCN(C(=O)N[C@H](Cc3ccccc3)C(=O)O)CC2)n1. The van der Waals surface area contributed by atoms with Gasteiger partial charge in [0.15, 0.2) is 0 Å². The Morgan fingerprint density at radius 2 is 1.82 bits per heavy atom. The van der Waals surface area contributed by atoms with E-state index in [4.69, 9.17) is 0 Å². The number of aromatic nitrogens is 2. The monoisotopic (exact) mass is 383 g/mol. The van der Waals surface area contributed by atoms with Crippen molar-refractivity contribution in [2.24, 2.45) is 0 Å². The van der Waals surface area contributed by atoms with Gasteiger partial charge in [-0.2, -0.15) is 0 Å². The van der Waals surface area contributed by atoms with Gasteiger partial charge >= 0.3 is 12.0 Å². The molecular formula is C20H25N5O3. The first-order chi connectivity index (χ1) is 13.4.